The predicted molar refractivity (Wildman–Crippen MR) is 128 cm³/mol. The summed E-state index contributed by atoms with van der Waals surface area (Å²) < 4.78 is 37.4. The first-order chi connectivity index (χ1) is 17.6. The fraction of sp³-hybridized carbons (Fsp3) is 0.500. The molecule has 0 bridgehead atoms. The van der Waals surface area contributed by atoms with Crippen molar-refractivity contribution in [3.05, 3.63) is 45.7 Å². The highest BCUT2D eigenvalue weighted by Crippen LogP contribution is 2.52. The number of benzene rings is 1. The van der Waals surface area contributed by atoms with Gasteiger partial charge in [0.25, 0.3) is 5.91 Å². The molecule has 3 aliphatic rings. The number of nitrogens with zero attached hydrogens (tertiary/aromatic N) is 1. The molecular weight excluding hydrogens is 509 g/mol. The Morgan fingerprint density at radius 2 is 1.82 bits per heavy atom. The van der Waals surface area contributed by atoms with Crippen LogP contribution in [0.4, 0.5) is 13.2 Å². The van der Waals surface area contributed by atoms with Crippen LogP contribution >= 0.6 is 0 Å². The summed E-state index contributed by atoms with van der Waals surface area (Å²) >= 11 is 0. The molecule has 1 aromatic carbocycles. The second-order valence-electron chi connectivity index (χ2n) is 10.4. The van der Waals surface area contributed by atoms with Crippen LogP contribution in [-0.2, 0) is 27.2 Å². The third-order valence-corrected chi connectivity index (χ3v) is 7.83. The molecule has 1 aromatic rings. The van der Waals surface area contributed by atoms with Gasteiger partial charge in [0.05, 0.1) is 11.6 Å². The highest BCUT2D eigenvalue weighted by atomic mass is 19.4. The van der Waals surface area contributed by atoms with Crippen LogP contribution in [0.5, 0.6) is 5.75 Å². The van der Waals surface area contributed by atoms with Crippen molar-refractivity contribution >= 4 is 23.2 Å². The molecule has 3 aliphatic carbocycles. The Labute approximate surface area is 216 Å². The molecule has 38 heavy (non-hydrogen) atoms. The van der Waals surface area contributed by atoms with Crippen LogP contribution in [-0.4, -0.2) is 74.7 Å². The number of aromatic hydroxyl groups is 1. The number of nitrogens with two attached hydrogens (primary N) is 1. The third-order valence-electron chi connectivity index (χ3n) is 7.83. The van der Waals surface area contributed by atoms with E-state index in [9.17, 15) is 48.0 Å². The summed E-state index contributed by atoms with van der Waals surface area (Å²) in [5.41, 5.74) is 2.09. The van der Waals surface area contributed by atoms with Gasteiger partial charge in [-0.3, -0.25) is 19.3 Å². The first-order valence-electron chi connectivity index (χ1n) is 12.2. The minimum Gasteiger partial charge on any atom is -0.508 e. The fourth-order valence-corrected chi connectivity index (χ4v) is 6.10. The van der Waals surface area contributed by atoms with E-state index in [1.54, 1.807) is 12.1 Å². The molecule has 0 saturated heterocycles. The summed E-state index contributed by atoms with van der Waals surface area (Å²) in [4.78, 5) is 40.2. The number of ketones is 2. The number of carbonyl (C=O) groups excluding carboxylic acids is 3. The number of rotatable bonds is 6. The Hall–Kier alpha value is -3.38. The van der Waals surface area contributed by atoms with Gasteiger partial charge in [-0.05, 0) is 63.2 Å². The predicted octanol–water partition coefficient (Wildman–Crippen LogP) is 2.24. The van der Waals surface area contributed by atoms with Crippen molar-refractivity contribution in [2.24, 2.45) is 17.6 Å². The zero-order valence-corrected chi connectivity index (χ0v) is 20.8. The average Bonchev–Trinajstić information content (AvgIpc) is 2.79. The smallest absolute Gasteiger partial charge is 0.389 e. The highest BCUT2D eigenvalue weighted by Gasteiger charge is 2.64. The topological polar surface area (TPSA) is 161 Å². The number of carbonyl (C=O) groups is 3. The molecule has 4 atom stereocenters. The van der Waals surface area contributed by atoms with Crippen molar-refractivity contribution < 1.29 is 48.0 Å². The monoisotopic (exact) mass is 538 g/mol. The van der Waals surface area contributed by atoms with Gasteiger partial charge >= 0.3 is 6.18 Å². The maximum Gasteiger partial charge on any atom is 0.389 e. The van der Waals surface area contributed by atoms with Gasteiger partial charge in [0, 0.05) is 17.9 Å². The Bertz CT molecular complexity index is 1280. The quantitative estimate of drug-likeness (QED) is 0.272. The van der Waals surface area contributed by atoms with Crippen LogP contribution in [0, 0.1) is 11.8 Å². The molecule has 12 heteroatoms. The first kappa shape index (κ1) is 27.6. The maximum absolute atomic E-state index is 13.8. The molecule has 9 nitrogen and oxygen atoms in total. The SMILES string of the molecule is CN(C)[C@@H]1C(=O)C(C(N)=O)=C(O)[C@@]2(O)C(=O)C3=C(O)c4c(ccc(CCCCC(F)(F)F)c4O)C[C@H]3C[C@@H]12. The Kier molecular flexibility index (Phi) is 6.86. The van der Waals surface area contributed by atoms with Gasteiger partial charge in [-0.2, -0.15) is 13.2 Å². The fourth-order valence-electron chi connectivity index (χ4n) is 6.10. The van der Waals surface area contributed by atoms with Crippen molar-refractivity contribution in [1.29, 1.82) is 0 Å². The molecule has 1 saturated carbocycles. The van der Waals surface area contributed by atoms with Crippen LogP contribution in [0.25, 0.3) is 5.76 Å². The Morgan fingerprint density at radius 1 is 1.16 bits per heavy atom. The Balaban J connectivity index is 1.77. The van der Waals surface area contributed by atoms with Gasteiger partial charge in [-0.15, -0.1) is 0 Å². The van der Waals surface area contributed by atoms with E-state index in [0.717, 1.165) is 0 Å². The van der Waals surface area contributed by atoms with Gasteiger partial charge in [-0.1, -0.05) is 12.1 Å². The number of phenols is 1. The Morgan fingerprint density at radius 3 is 2.39 bits per heavy atom. The molecular formula is C26H29F3N2O7. The van der Waals surface area contributed by atoms with Crippen molar-refractivity contribution in [1.82, 2.24) is 4.90 Å². The molecule has 206 valence electrons. The lowest BCUT2D eigenvalue weighted by Crippen LogP contribution is -2.65. The maximum atomic E-state index is 13.8. The lowest BCUT2D eigenvalue weighted by atomic mass is 9.57. The van der Waals surface area contributed by atoms with Crippen LogP contribution in [0.2, 0.25) is 0 Å². The molecule has 0 unspecified atom stereocenters. The van der Waals surface area contributed by atoms with Crippen molar-refractivity contribution in [2.75, 3.05) is 14.1 Å². The number of halogens is 3. The molecule has 0 spiro atoms. The minimum atomic E-state index is -4.29. The summed E-state index contributed by atoms with van der Waals surface area (Å²) in [7, 11) is 3.03. The summed E-state index contributed by atoms with van der Waals surface area (Å²) in [6, 6.07) is 2.01. The van der Waals surface area contributed by atoms with E-state index in [2.05, 4.69) is 0 Å². The van der Waals surface area contributed by atoms with Gasteiger partial charge in [0.2, 0.25) is 5.78 Å². The van der Waals surface area contributed by atoms with Crippen LogP contribution in [0.15, 0.2) is 29.0 Å². The largest absolute Gasteiger partial charge is 0.508 e. The van der Waals surface area contributed by atoms with Gasteiger partial charge in [-0.25, -0.2) is 0 Å². The summed E-state index contributed by atoms with van der Waals surface area (Å²) in [6.45, 7) is 0. The van der Waals surface area contributed by atoms with Crippen LogP contribution in [0.1, 0.15) is 42.4 Å². The minimum absolute atomic E-state index is 0.0221. The van der Waals surface area contributed by atoms with E-state index < -0.39 is 70.6 Å². The number of amides is 1. The van der Waals surface area contributed by atoms with Crippen LogP contribution < -0.4 is 5.73 Å². The van der Waals surface area contributed by atoms with Crippen molar-refractivity contribution in [3.8, 4) is 5.75 Å². The summed E-state index contributed by atoms with van der Waals surface area (Å²) in [5.74, 6) is -7.30. The van der Waals surface area contributed by atoms with Gasteiger partial charge in [0.1, 0.15) is 22.8 Å². The lowest BCUT2D eigenvalue weighted by Gasteiger charge is -2.50. The summed E-state index contributed by atoms with van der Waals surface area (Å²) in [5, 5.41) is 44.5. The van der Waals surface area contributed by atoms with E-state index in [4.69, 9.17) is 5.73 Å². The van der Waals surface area contributed by atoms with E-state index in [1.165, 1.54) is 19.0 Å². The first-order valence-corrected chi connectivity index (χ1v) is 12.2. The van der Waals surface area contributed by atoms with E-state index in [-0.39, 0.29) is 54.6 Å². The molecule has 0 aromatic heterocycles. The second kappa shape index (κ2) is 9.42. The number of aryl methyl sites for hydroxylation is 1. The number of alkyl halides is 3. The number of Topliss-reactive ketones (excluding diaryl/α,β-unsaturated/α-hetero) is 2. The number of unbranched alkanes of at least 4 members (excludes halogenated alkanes) is 1. The number of likely N-dealkylation sites (N-methyl/N-ethyl adjacent to an activating group) is 1. The number of primary amides is 1. The molecule has 1 fully saturated rings. The van der Waals surface area contributed by atoms with Crippen molar-refractivity contribution in [2.45, 2.75) is 56.3 Å². The van der Waals surface area contributed by atoms with E-state index >= 15 is 0 Å². The third kappa shape index (κ3) is 4.25. The standard InChI is InChI=1S/C26H29F3N2O7/c1-31(2)18-14-10-13-9-12-7-6-11(5-3-4-8-25(27,28)29)19(32)15(12)20(33)16(13)22(35)26(14,38)23(36)17(21(18)34)24(30)37/h6-7,13-14,18,32-33,36,38H,3-5,8-10H2,1-2H3,(H2,30,37)/t13-,14-,18-,26-/m0/s1. The summed E-state index contributed by atoms with van der Waals surface area (Å²) in [6.07, 6.45) is -5.06. The molecule has 4 rings (SSSR count). The second-order valence-corrected chi connectivity index (χ2v) is 10.4. The molecule has 1 amide bonds. The number of hydrogen-bond donors (Lipinski definition) is 5. The van der Waals surface area contributed by atoms with E-state index in [1.807, 2.05) is 0 Å². The average molecular weight is 539 g/mol. The number of fused-ring (bicyclic) bond motifs is 3. The lowest BCUT2D eigenvalue weighted by molar-refractivity contribution is -0.153. The number of phenolic OH excluding ortho intramolecular Hbond substituents is 1. The highest BCUT2D eigenvalue weighted by molar-refractivity contribution is 6.24. The van der Waals surface area contributed by atoms with Crippen molar-refractivity contribution in [3.63, 3.8) is 0 Å². The normalized spacial score (nSPS) is 27.4. The molecule has 0 heterocycles. The number of hydrogen-bond acceptors (Lipinski definition) is 8. The molecule has 6 N–H and O–H groups in total. The van der Waals surface area contributed by atoms with Gasteiger partial charge in [0.15, 0.2) is 11.4 Å². The zero-order chi connectivity index (χ0) is 28.3. The molecule has 0 radical (unpaired) electrons. The number of aliphatic hydroxyl groups is 3. The molecule has 0 aliphatic heterocycles. The van der Waals surface area contributed by atoms with Crippen LogP contribution in [0.3, 0.4) is 0 Å². The number of aliphatic hydroxyl groups excluding tert-OH is 2. The van der Waals surface area contributed by atoms with Gasteiger partial charge < -0.3 is 26.2 Å². The van der Waals surface area contributed by atoms with E-state index in [0.29, 0.717) is 5.56 Å². The zero-order valence-electron chi connectivity index (χ0n) is 20.8.